The SMILES string of the molecule is c1ccc2c(c1)NCC(c1nc3cnccc3s1)O2. The zero-order chi connectivity index (χ0) is 12.7. The van der Waals surface area contributed by atoms with Gasteiger partial charge in [0.05, 0.1) is 28.6 Å². The molecule has 0 amide bonds. The first-order valence-electron chi connectivity index (χ1n) is 6.10. The minimum absolute atomic E-state index is 0.0349. The van der Waals surface area contributed by atoms with Gasteiger partial charge in [0.15, 0.2) is 6.10 Å². The number of anilines is 1. The summed E-state index contributed by atoms with van der Waals surface area (Å²) in [7, 11) is 0. The summed E-state index contributed by atoms with van der Waals surface area (Å²) in [4.78, 5) is 8.70. The molecule has 0 fully saturated rings. The first kappa shape index (κ1) is 10.8. The maximum absolute atomic E-state index is 6.01. The lowest BCUT2D eigenvalue weighted by molar-refractivity contribution is 0.210. The van der Waals surface area contributed by atoms with E-state index in [4.69, 9.17) is 4.74 Å². The van der Waals surface area contributed by atoms with Gasteiger partial charge in [-0.25, -0.2) is 4.98 Å². The standard InChI is InChI=1S/C14H11N3OS/c1-2-4-11-9(3-1)16-8-12(18-11)14-17-10-7-15-6-5-13(10)19-14/h1-7,12,16H,8H2. The highest BCUT2D eigenvalue weighted by Crippen LogP contribution is 2.36. The fourth-order valence-corrected chi connectivity index (χ4v) is 3.15. The quantitative estimate of drug-likeness (QED) is 0.736. The third-order valence-corrected chi connectivity index (χ3v) is 4.24. The van der Waals surface area contributed by atoms with Crippen molar-refractivity contribution in [2.75, 3.05) is 11.9 Å². The van der Waals surface area contributed by atoms with Crippen LogP contribution in [0.15, 0.2) is 42.7 Å². The Kier molecular flexibility index (Phi) is 2.38. The summed E-state index contributed by atoms with van der Waals surface area (Å²) in [5, 5.41) is 4.37. The van der Waals surface area contributed by atoms with Crippen LogP contribution in [0.3, 0.4) is 0 Å². The summed E-state index contributed by atoms with van der Waals surface area (Å²) in [5.41, 5.74) is 1.98. The Morgan fingerprint density at radius 2 is 2.21 bits per heavy atom. The number of nitrogens with zero attached hydrogens (tertiary/aromatic N) is 2. The molecule has 0 bridgehead atoms. The molecule has 3 heterocycles. The molecule has 19 heavy (non-hydrogen) atoms. The van der Waals surface area contributed by atoms with Gasteiger partial charge in [-0.05, 0) is 18.2 Å². The number of pyridine rings is 1. The van der Waals surface area contributed by atoms with Gasteiger partial charge in [0, 0.05) is 6.20 Å². The Morgan fingerprint density at radius 3 is 3.16 bits per heavy atom. The van der Waals surface area contributed by atoms with Crippen LogP contribution in [0.1, 0.15) is 11.1 Å². The molecule has 1 atom stereocenters. The second-order valence-corrected chi connectivity index (χ2v) is 5.44. The maximum atomic E-state index is 6.01. The van der Waals surface area contributed by atoms with E-state index < -0.39 is 0 Å². The van der Waals surface area contributed by atoms with Crippen molar-refractivity contribution in [2.24, 2.45) is 0 Å². The summed E-state index contributed by atoms with van der Waals surface area (Å²) in [6, 6.07) is 9.96. The second-order valence-electron chi connectivity index (χ2n) is 4.38. The number of benzene rings is 1. The molecule has 0 spiro atoms. The number of aromatic nitrogens is 2. The zero-order valence-corrected chi connectivity index (χ0v) is 10.9. The molecule has 1 aromatic carbocycles. The van der Waals surface area contributed by atoms with Crippen molar-refractivity contribution in [3.05, 3.63) is 47.7 Å². The van der Waals surface area contributed by atoms with Gasteiger partial charge in [-0.15, -0.1) is 11.3 Å². The fraction of sp³-hybridized carbons (Fsp3) is 0.143. The topological polar surface area (TPSA) is 47.0 Å². The molecule has 5 heteroatoms. The molecule has 0 radical (unpaired) electrons. The molecule has 3 aromatic rings. The summed E-state index contributed by atoms with van der Waals surface area (Å²) >= 11 is 1.66. The first-order chi connectivity index (χ1) is 9.40. The average molecular weight is 269 g/mol. The van der Waals surface area contributed by atoms with Gasteiger partial charge in [-0.3, -0.25) is 4.98 Å². The van der Waals surface area contributed by atoms with Crippen LogP contribution < -0.4 is 10.1 Å². The number of para-hydroxylation sites is 2. The summed E-state index contributed by atoms with van der Waals surface area (Å²) in [6.45, 7) is 0.740. The van der Waals surface area contributed by atoms with E-state index >= 15 is 0 Å². The molecular weight excluding hydrogens is 258 g/mol. The predicted octanol–water partition coefficient (Wildman–Crippen LogP) is 3.24. The number of fused-ring (bicyclic) bond motifs is 2. The second kappa shape index (κ2) is 4.20. The lowest BCUT2D eigenvalue weighted by Crippen LogP contribution is -2.23. The van der Waals surface area contributed by atoms with Gasteiger partial charge >= 0.3 is 0 Å². The molecule has 0 saturated carbocycles. The molecular formula is C14H11N3OS. The lowest BCUT2D eigenvalue weighted by atomic mass is 10.2. The molecule has 4 nitrogen and oxygen atoms in total. The van der Waals surface area contributed by atoms with E-state index in [0.29, 0.717) is 0 Å². The van der Waals surface area contributed by atoms with E-state index in [2.05, 4.69) is 15.3 Å². The van der Waals surface area contributed by atoms with E-state index in [0.717, 1.165) is 33.2 Å². The number of hydrogen-bond acceptors (Lipinski definition) is 5. The van der Waals surface area contributed by atoms with Crippen LogP contribution in [0, 0.1) is 0 Å². The molecule has 1 N–H and O–H groups in total. The van der Waals surface area contributed by atoms with Crippen molar-refractivity contribution in [2.45, 2.75) is 6.10 Å². The van der Waals surface area contributed by atoms with Crippen molar-refractivity contribution >= 4 is 27.2 Å². The zero-order valence-electron chi connectivity index (χ0n) is 10.0. The number of ether oxygens (including phenoxy) is 1. The van der Waals surface area contributed by atoms with Crippen LogP contribution in [0.4, 0.5) is 5.69 Å². The molecule has 2 aromatic heterocycles. The Bertz CT molecular complexity index is 707. The van der Waals surface area contributed by atoms with E-state index in [1.807, 2.05) is 30.3 Å². The van der Waals surface area contributed by atoms with Crippen molar-refractivity contribution < 1.29 is 4.74 Å². The lowest BCUT2D eigenvalue weighted by Gasteiger charge is -2.25. The monoisotopic (exact) mass is 269 g/mol. The van der Waals surface area contributed by atoms with Crippen molar-refractivity contribution in [3.8, 4) is 5.75 Å². The third kappa shape index (κ3) is 1.82. The van der Waals surface area contributed by atoms with Gasteiger partial charge in [0.2, 0.25) is 0 Å². The van der Waals surface area contributed by atoms with Crippen molar-refractivity contribution in [1.82, 2.24) is 9.97 Å². The van der Waals surface area contributed by atoms with Crippen molar-refractivity contribution in [1.29, 1.82) is 0 Å². The number of thiazole rings is 1. The molecule has 1 unspecified atom stereocenters. The highest BCUT2D eigenvalue weighted by molar-refractivity contribution is 7.18. The smallest absolute Gasteiger partial charge is 0.167 e. The van der Waals surface area contributed by atoms with Crippen LogP contribution in [-0.2, 0) is 0 Å². The Labute approximate surface area is 114 Å². The molecule has 1 aliphatic rings. The highest BCUT2D eigenvalue weighted by Gasteiger charge is 2.23. The number of nitrogens with one attached hydrogen (secondary N) is 1. The molecule has 1 aliphatic heterocycles. The molecule has 0 aliphatic carbocycles. The van der Waals surface area contributed by atoms with E-state index in [1.54, 1.807) is 23.7 Å². The summed E-state index contributed by atoms with van der Waals surface area (Å²) < 4.78 is 7.16. The summed E-state index contributed by atoms with van der Waals surface area (Å²) in [5.74, 6) is 0.885. The Morgan fingerprint density at radius 1 is 1.26 bits per heavy atom. The molecule has 0 saturated heterocycles. The summed E-state index contributed by atoms with van der Waals surface area (Å²) in [6.07, 6.45) is 3.55. The minimum Gasteiger partial charge on any atom is -0.479 e. The van der Waals surface area contributed by atoms with Crippen molar-refractivity contribution in [3.63, 3.8) is 0 Å². The predicted molar refractivity (Wildman–Crippen MR) is 75.7 cm³/mol. The average Bonchev–Trinajstić information content (AvgIpc) is 2.90. The van der Waals surface area contributed by atoms with Gasteiger partial charge in [0.25, 0.3) is 0 Å². The largest absolute Gasteiger partial charge is 0.479 e. The normalized spacial score (nSPS) is 17.6. The highest BCUT2D eigenvalue weighted by atomic mass is 32.1. The van der Waals surface area contributed by atoms with Gasteiger partial charge in [-0.2, -0.15) is 0 Å². The van der Waals surface area contributed by atoms with E-state index in [9.17, 15) is 0 Å². The Hall–Kier alpha value is -2.14. The first-order valence-corrected chi connectivity index (χ1v) is 6.92. The molecule has 4 rings (SSSR count). The molecule has 94 valence electrons. The van der Waals surface area contributed by atoms with Crippen LogP contribution in [-0.4, -0.2) is 16.5 Å². The van der Waals surface area contributed by atoms with Gasteiger partial charge in [0.1, 0.15) is 10.8 Å². The van der Waals surface area contributed by atoms with Gasteiger partial charge < -0.3 is 10.1 Å². The Balaban J connectivity index is 1.70. The maximum Gasteiger partial charge on any atom is 0.167 e. The van der Waals surface area contributed by atoms with Crippen LogP contribution in [0.5, 0.6) is 5.75 Å². The van der Waals surface area contributed by atoms with E-state index in [-0.39, 0.29) is 6.10 Å². The van der Waals surface area contributed by atoms with Crippen LogP contribution >= 0.6 is 11.3 Å². The fourth-order valence-electron chi connectivity index (χ4n) is 2.19. The minimum atomic E-state index is -0.0349. The van der Waals surface area contributed by atoms with Gasteiger partial charge in [-0.1, -0.05) is 12.1 Å². The number of hydrogen-bond donors (Lipinski definition) is 1. The van der Waals surface area contributed by atoms with E-state index in [1.165, 1.54) is 0 Å². The third-order valence-electron chi connectivity index (χ3n) is 3.12. The van der Waals surface area contributed by atoms with Crippen LogP contribution in [0.25, 0.3) is 10.2 Å². The van der Waals surface area contributed by atoms with Crippen LogP contribution in [0.2, 0.25) is 0 Å². The number of rotatable bonds is 1.